The second-order valence-electron chi connectivity index (χ2n) is 7.68. The highest BCUT2D eigenvalue weighted by Gasteiger charge is 2.07. The summed E-state index contributed by atoms with van der Waals surface area (Å²) in [7, 11) is 0. The lowest BCUT2D eigenvalue weighted by Gasteiger charge is -2.22. The number of halogens is 1. The number of nitrogen functional groups attached to an aromatic ring is 1. The second kappa shape index (κ2) is 21.3. The molecule has 0 amide bonds. The van der Waals surface area contributed by atoms with Gasteiger partial charge in [-0.3, -0.25) is 4.90 Å². The lowest BCUT2D eigenvalue weighted by Crippen LogP contribution is -2.25. The zero-order valence-electron chi connectivity index (χ0n) is 22.1. The number of hydrogen-bond acceptors (Lipinski definition) is 2. The molecule has 0 saturated heterocycles. The molecule has 0 aliphatic heterocycles. The SMILES string of the molecule is C=CC.CC.CCCCN(CCC)Cc1ccc(C)cc1Br.CCc1ccc(C)c(N)c1. The van der Waals surface area contributed by atoms with Crippen molar-refractivity contribution in [3.8, 4) is 0 Å². The van der Waals surface area contributed by atoms with Crippen molar-refractivity contribution in [2.45, 2.75) is 87.6 Å². The van der Waals surface area contributed by atoms with Crippen molar-refractivity contribution in [1.82, 2.24) is 4.90 Å². The Morgan fingerprint density at radius 1 is 0.969 bits per heavy atom. The Bertz CT molecular complexity index is 725. The zero-order chi connectivity index (χ0) is 24.9. The van der Waals surface area contributed by atoms with Crippen LogP contribution in [-0.4, -0.2) is 18.0 Å². The van der Waals surface area contributed by atoms with Crippen LogP contribution in [0.4, 0.5) is 5.69 Å². The monoisotopic (exact) mass is 504 g/mol. The minimum atomic E-state index is 0.902. The van der Waals surface area contributed by atoms with Crippen LogP contribution in [0.2, 0.25) is 0 Å². The predicted molar refractivity (Wildman–Crippen MR) is 152 cm³/mol. The van der Waals surface area contributed by atoms with Crippen LogP contribution in [0.15, 0.2) is 53.5 Å². The molecule has 0 radical (unpaired) electrons. The molecule has 0 spiro atoms. The fraction of sp³-hybridized carbons (Fsp3) is 0.517. The van der Waals surface area contributed by atoms with Crippen molar-refractivity contribution in [1.29, 1.82) is 0 Å². The normalized spacial score (nSPS) is 9.56. The van der Waals surface area contributed by atoms with Gasteiger partial charge in [-0.25, -0.2) is 0 Å². The Balaban J connectivity index is 0. The Kier molecular flexibility index (Phi) is 21.7. The molecule has 2 aromatic carbocycles. The molecule has 0 aromatic heterocycles. The molecule has 2 rings (SSSR count). The van der Waals surface area contributed by atoms with Crippen molar-refractivity contribution in [2.75, 3.05) is 18.8 Å². The number of aryl methyl sites for hydroxylation is 3. The minimum Gasteiger partial charge on any atom is -0.399 e. The number of nitrogens with two attached hydrogens (primary N) is 1. The van der Waals surface area contributed by atoms with Gasteiger partial charge in [0.05, 0.1) is 0 Å². The van der Waals surface area contributed by atoms with Crippen molar-refractivity contribution in [3.63, 3.8) is 0 Å². The van der Waals surface area contributed by atoms with E-state index >= 15 is 0 Å². The van der Waals surface area contributed by atoms with E-state index in [-0.39, 0.29) is 0 Å². The van der Waals surface area contributed by atoms with E-state index in [1.165, 1.54) is 53.5 Å². The lowest BCUT2D eigenvalue weighted by molar-refractivity contribution is 0.261. The first kappa shape index (κ1) is 32.6. The van der Waals surface area contributed by atoms with Crippen molar-refractivity contribution < 1.29 is 0 Å². The van der Waals surface area contributed by atoms with Crippen LogP contribution in [0.3, 0.4) is 0 Å². The Morgan fingerprint density at radius 2 is 1.59 bits per heavy atom. The second-order valence-corrected chi connectivity index (χ2v) is 8.53. The van der Waals surface area contributed by atoms with Gasteiger partial charge in [0, 0.05) is 16.7 Å². The van der Waals surface area contributed by atoms with E-state index in [9.17, 15) is 0 Å². The number of rotatable bonds is 8. The maximum Gasteiger partial charge on any atom is 0.0346 e. The number of allylic oxidation sites excluding steroid dienone is 1. The van der Waals surface area contributed by atoms with E-state index in [4.69, 9.17) is 5.73 Å². The van der Waals surface area contributed by atoms with Crippen LogP contribution >= 0.6 is 15.9 Å². The third kappa shape index (κ3) is 15.3. The van der Waals surface area contributed by atoms with Gasteiger partial charge in [-0.05, 0) is 87.5 Å². The molecule has 0 aliphatic carbocycles. The maximum atomic E-state index is 5.70. The summed E-state index contributed by atoms with van der Waals surface area (Å²) in [6.07, 6.45) is 6.61. The lowest BCUT2D eigenvalue weighted by atomic mass is 10.1. The third-order valence-corrected chi connectivity index (χ3v) is 5.46. The molecule has 182 valence electrons. The van der Waals surface area contributed by atoms with Gasteiger partial charge in [0.1, 0.15) is 0 Å². The van der Waals surface area contributed by atoms with E-state index in [0.29, 0.717) is 0 Å². The van der Waals surface area contributed by atoms with Crippen LogP contribution in [0.25, 0.3) is 0 Å². The number of unbranched alkanes of at least 4 members (excludes halogenated alkanes) is 1. The first-order valence-electron chi connectivity index (χ1n) is 12.2. The standard InChI is InChI=1S/C15H24BrN.C9H13N.C3H6.C2H6/c1-4-6-10-17(9-5-2)12-14-8-7-13(3)11-15(14)16;1-3-8-5-4-7(2)9(10)6-8;1-3-2;1-2/h7-8,11H,4-6,9-10,12H2,1-3H3;4-6H,3,10H2,1-2H3;3H,1H2,2H3;1-2H3. The molecule has 2 nitrogen and oxygen atoms in total. The predicted octanol–water partition coefficient (Wildman–Crippen LogP) is 9.13. The van der Waals surface area contributed by atoms with Gasteiger partial charge in [-0.1, -0.05) is 87.3 Å². The quantitative estimate of drug-likeness (QED) is 0.286. The average Bonchev–Trinajstić information content (AvgIpc) is 2.78. The van der Waals surface area contributed by atoms with Gasteiger partial charge in [-0.2, -0.15) is 0 Å². The summed E-state index contributed by atoms with van der Waals surface area (Å²) in [6, 6.07) is 12.9. The summed E-state index contributed by atoms with van der Waals surface area (Å²) < 4.78 is 1.25. The van der Waals surface area contributed by atoms with Crippen molar-refractivity contribution in [2.24, 2.45) is 0 Å². The molecule has 0 unspecified atom stereocenters. The number of nitrogens with zero attached hydrogens (tertiary/aromatic N) is 1. The van der Waals surface area contributed by atoms with Crippen LogP contribution < -0.4 is 5.73 Å². The molecule has 0 aliphatic rings. The molecular formula is C29H49BrN2. The number of anilines is 1. The summed E-state index contributed by atoms with van der Waals surface area (Å²) in [6.45, 7) is 23.5. The zero-order valence-corrected chi connectivity index (χ0v) is 23.7. The molecule has 32 heavy (non-hydrogen) atoms. The van der Waals surface area contributed by atoms with Gasteiger partial charge in [0.25, 0.3) is 0 Å². The molecule has 0 bridgehead atoms. The third-order valence-electron chi connectivity index (χ3n) is 4.72. The van der Waals surface area contributed by atoms with Crippen molar-refractivity contribution >= 4 is 21.6 Å². The molecule has 0 atom stereocenters. The van der Waals surface area contributed by atoms with E-state index in [1.54, 1.807) is 6.08 Å². The number of benzene rings is 2. The summed E-state index contributed by atoms with van der Waals surface area (Å²) >= 11 is 3.67. The minimum absolute atomic E-state index is 0.902. The van der Waals surface area contributed by atoms with Crippen LogP contribution in [0, 0.1) is 13.8 Å². The first-order valence-corrected chi connectivity index (χ1v) is 13.0. The van der Waals surface area contributed by atoms with Gasteiger partial charge in [-0.15, -0.1) is 6.58 Å². The highest BCUT2D eigenvalue weighted by molar-refractivity contribution is 9.10. The molecule has 2 N–H and O–H groups in total. The molecular weight excluding hydrogens is 456 g/mol. The van der Waals surface area contributed by atoms with E-state index in [0.717, 1.165) is 24.2 Å². The molecule has 0 fully saturated rings. The van der Waals surface area contributed by atoms with Gasteiger partial charge in [0.2, 0.25) is 0 Å². The number of hydrogen-bond donors (Lipinski definition) is 1. The van der Waals surface area contributed by atoms with Crippen LogP contribution in [0.5, 0.6) is 0 Å². The largest absolute Gasteiger partial charge is 0.399 e. The maximum absolute atomic E-state index is 5.70. The van der Waals surface area contributed by atoms with Crippen molar-refractivity contribution in [3.05, 3.63) is 75.8 Å². The van der Waals surface area contributed by atoms with E-state index in [2.05, 4.69) is 85.4 Å². The highest BCUT2D eigenvalue weighted by Crippen LogP contribution is 2.20. The highest BCUT2D eigenvalue weighted by atomic mass is 79.9. The average molecular weight is 506 g/mol. The fourth-order valence-corrected chi connectivity index (χ4v) is 3.52. The van der Waals surface area contributed by atoms with E-state index in [1.807, 2.05) is 33.8 Å². The van der Waals surface area contributed by atoms with Gasteiger partial charge < -0.3 is 5.73 Å². The van der Waals surface area contributed by atoms with Crippen LogP contribution in [-0.2, 0) is 13.0 Å². The van der Waals surface area contributed by atoms with E-state index < -0.39 is 0 Å². The summed E-state index contributed by atoms with van der Waals surface area (Å²) in [5.41, 5.74) is 11.8. The van der Waals surface area contributed by atoms with Gasteiger partial charge >= 0.3 is 0 Å². The molecule has 0 heterocycles. The Morgan fingerprint density at radius 3 is 2.06 bits per heavy atom. The summed E-state index contributed by atoms with van der Waals surface area (Å²) in [4.78, 5) is 2.55. The smallest absolute Gasteiger partial charge is 0.0346 e. The Hall–Kier alpha value is -1.58. The molecule has 3 heteroatoms. The Labute approximate surface area is 208 Å². The topological polar surface area (TPSA) is 29.3 Å². The fourth-order valence-electron chi connectivity index (χ4n) is 2.90. The molecule has 0 saturated carbocycles. The van der Waals surface area contributed by atoms with Gasteiger partial charge in [0.15, 0.2) is 0 Å². The molecule has 2 aromatic rings. The first-order chi connectivity index (χ1) is 15.3. The summed E-state index contributed by atoms with van der Waals surface area (Å²) in [5, 5.41) is 0. The summed E-state index contributed by atoms with van der Waals surface area (Å²) in [5.74, 6) is 0. The van der Waals surface area contributed by atoms with Crippen LogP contribution in [0.1, 0.15) is 83.1 Å².